The van der Waals surface area contributed by atoms with Crippen LogP contribution in [0.5, 0.6) is 5.75 Å². The largest absolute Gasteiger partial charge is 0.493 e. The van der Waals surface area contributed by atoms with Crippen molar-refractivity contribution in [1.82, 2.24) is 5.32 Å². The Kier molecular flexibility index (Phi) is 8.39. The lowest BCUT2D eigenvalue weighted by molar-refractivity contribution is -0.116. The molecule has 1 heterocycles. The molecule has 7 nitrogen and oxygen atoms in total. The molecule has 0 radical (unpaired) electrons. The minimum absolute atomic E-state index is 0.122. The molecule has 1 aliphatic rings. The molecule has 3 aromatic carbocycles. The van der Waals surface area contributed by atoms with Crippen LogP contribution in [0.2, 0.25) is 0 Å². The van der Waals surface area contributed by atoms with Gasteiger partial charge >= 0.3 is 0 Å². The summed E-state index contributed by atoms with van der Waals surface area (Å²) in [4.78, 5) is 39.8. The number of fused-ring (bicyclic) bond motifs is 1. The van der Waals surface area contributed by atoms with Crippen molar-refractivity contribution in [3.63, 3.8) is 0 Å². The number of para-hydroxylation sites is 2. The summed E-state index contributed by atoms with van der Waals surface area (Å²) in [7, 11) is 0. The van der Waals surface area contributed by atoms with Gasteiger partial charge in [0.15, 0.2) is 0 Å². The van der Waals surface area contributed by atoms with Crippen molar-refractivity contribution >= 4 is 34.7 Å². The van der Waals surface area contributed by atoms with E-state index in [2.05, 4.69) is 10.6 Å². The first-order chi connectivity index (χ1) is 18.7. The van der Waals surface area contributed by atoms with Gasteiger partial charge in [-0.05, 0) is 56.3 Å². The van der Waals surface area contributed by atoms with Crippen molar-refractivity contribution < 1.29 is 27.9 Å². The zero-order valence-electron chi connectivity index (χ0n) is 21.7. The number of amides is 3. The summed E-state index contributed by atoms with van der Waals surface area (Å²) >= 11 is 0. The number of ether oxygens (including phenoxy) is 1. The standard InChI is InChI=1S/C30H29F2N3O4/c1-3-33-27(36)19-24-22-9-5-7-11-25(22)35(18-17-30(24,31)32)29(38)20-13-15-21(16-14-20)34-28(37)23-10-6-8-12-26(23)39-4-2/h5-16,19H,3-4,17-18H2,1-2H3,(H,33,36)(H,34,37)/b24-19-. The third-order valence-corrected chi connectivity index (χ3v) is 6.22. The van der Waals surface area contributed by atoms with E-state index in [0.29, 0.717) is 35.8 Å². The minimum Gasteiger partial charge on any atom is -0.493 e. The summed E-state index contributed by atoms with van der Waals surface area (Å²) in [6.07, 6.45) is 0.267. The van der Waals surface area contributed by atoms with Gasteiger partial charge < -0.3 is 20.3 Å². The van der Waals surface area contributed by atoms with Gasteiger partial charge in [-0.3, -0.25) is 14.4 Å². The lowest BCUT2D eigenvalue weighted by atomic mass is 9.97. The Hall–Kier alpha value is -4.53. The third-order valence-electron chi connectivity index (χ3n) is 6.22. The molecule has 4 rings (SSSR count). The number of halogens is 2. The quantitative estimate of drug-likeness (QED) is 0.390. The van der Waals surface area contributed by atoms with E-state index in [1.807, 2.05) is 6.92 Å². The Bertz CT molecular complexity index is 1400. The number of anilines is 2. The maximum atomic E-state index is 15.2. The molecule has 3 aromatic rings. The number of alkyl halides is 2. The van der Waals surface area contributed by atoms with Crippen molar-refractivity contribution in [1.29, 1.82) is 0 Å². The number of nitrogens with one attached hydrogen (secondary N) is 2. The number of carbonyl (C=O) groups excluding carboxylic acids is 3. The van der Waals surface area contributed by atoms with Gasteiger partial charge in [-0.25, -0.2) is 8.78 Å². The van der Waals surface area contributed by atoms with E-state index in [0.717, 1.165) is 6.08 Å². The second-order valence-electron chi connectivity index (χ2n) is 8.84. The number of hydrogen-bond acceptors (Lipinski definition) is 4. The average molecular weight is 534 g/mol. The second kappa shape index (κ2) is 11.9. The summed E-state index contributed by atoms with van der Waals surface area (Å²) < 4.78 is 35.9. The van der Waals surface area contributed by atoms with Gasteiger partial charge in [-0.1, -0.05) is 30.3 Å². The maximum Gasteiger partial charge on any atom is 0.275 e. The molecule has 0 aliphatic carbocycles. The number of allylic oxidation sites excluding steroid dienone is 1. The van der Waals surface area contributed by atoms with Gasteiger partial charge in [0, 0.05) is 48.0 Å². The summed E-state index contributed by atoms with van der Waals surface area (Å²) in [5.74, 6) is -4.32. The fourth-order valence-corrected chi connectivity index (χ4v) is 4.38. The molecule has 9 heteroatoms. The van der Waals surface area contributed by atoms with Crippen LogP contribution in [0.1, 0.15) is 46.5 Å². The normalized spacial score (nSPS) is 15.2. The molecule has 202 valence electrons. The molecule has 39 heavy (non-hydrogen) atoms. The monoisotopic (exact) mass is 533 g/mol. The molecular formula is C30H29F2N3O4. The molecule has 3 amide bonds. The average Bonchev–Trinajstić information content (AvgIpc) is 3.03. The van der Waals surface area contributed by atoms with Crippen LogP contribution in [0.15, 0.2) is 78.9 Å². The van der Waals surface area contributed by atoms with Crippen molar-refractivity contribution in [3.8, 4) is 5.75 Å². The van der Waals surface area contributed by atoms with E-state index in [-0.39, 0.29) is 23.6 Å². The van der Waals surface area contributed by atoms with Gasteiger partial charge in [0.2, 0.25) is 5.91 Å². The number of hydrogen-bond donors (Lipinski definition) is 2. The molecule has 2 N–H and O–H groups in total. The Balaban J connectivity index is 1.59. The Morgan fingerprint density at radius 3 is 2.38 bits per heavy atom. The Labute approximate surface area is 225 Å². The lowest BCUT2D eigenvalue weighted by Crippen LogP contribution is -2.33. The van der Waals surface area contributed by atoms with E-state index < -0.39 is 29.7 Å². The van der Waals surface area contributed by atoms with E-state index in [1.165, 1.54) is 23.1 Å². The highest BCUT2D eigenvalue weighted by Gasteiger charge is 2.41. The highest BCUT2D eigenvalue weighted by atomic mass is 19.3. The molecule has 0 atom stereocenters. The van der Waals surface area contributed by atoms with Crippen LogP contribution in [-0.2, 0) is 4.79 Å². The van der Waals surface area contributed by atoms with Gasteiger partial charge in [0.1, 0.15) is 5.75 Å². The number of nitrogens with zero attached hydrogens (tertiary/aromatic N) is 1. The van der Waals surface area contributed by atoms with Crippen molar-refractivity contribution in [2.45, 2.75) is 26.2 Å². The number of likely N-dealkylation sites (N-methyl/N-ethyl adjacent to an activating group) is 1. The van der Waals surface area contributed by atoms with Gasteiger partial charge in [-0.15, -0.1) is 0 Å². The topological polar surface area (TPSA) is 87.7 Å². The maximum absolute atomic E-state index is 15.2. The highest BCUT2D eigenvalue weighted by molar-refractivity contribution is 6.10. The van der Waals surface area contributed by atoms with Gasteiger partial charge in [0.25, 0.3) is 17.7 Å². The molecule has 0 aromatic heterocycles. The van der Waals surface area contributed by atoms with Gasteiger partial charge in [0.05, 0.1) is 17.9 Å². The molecule has 1 aliphatic heterocycles. The fourth-order valence-electron chi connectivity index (χ4n) is 4.38. The van der Waals surface area contributed by atoms with Crippen LogP contribution < -0.4 is 20.3 Å². The first-order valence-corrected chi connectivity index (χ1v) is 12.7. The van der Waals surface area contributed by atoms with Crippen LogP contribution in [0.25, 0.3) is 5.57 Å². The van der Waals surface area contributed by atoms with Crippen molar-refractivity contribution in [3.05, 3.63) is 95.6 Å². The molecule has 0 saturated carbocycles. The molecule has 0 fully saturated rings. The highest BCUT2D eigenvalue weighted by Crippen LogP contribution is 2.43. The first-order valence-electron chi connectivity index (χ1n) is 12.7. The van der Waals surface area contributed by atoms with Crippen LogP contribution in [0.3, 0.4) is 0 Å². The third kappa shape index (κ3) is 6.14. The molecule has 0 saturated heterocycles. The van der Waals surface area contributed by atoms with E-state index in [1.54, 1.807) is 61.5 Å². The van der Waals surface area contributed by atoms with Crippen molar-refractivity contribution in [2.24, 2.45) is 0 Å². The number of rotatable bonds is 7. The summed E-state index contributed by atoms with van der Waals surface area (Å²) in [6, 6.07) is 19.4. The predicted molar refractivity (Wildman–Crippen MR) is 146 cm³/mol. The summed E-state index contributed by atoms with van der Waals surface area (Å²) in [5, 5.41) is 5.30. The summed E-state index contributed by atoms with van der Waals surface area (Å²) in [6.45, 7) is 4.00. The molecule has 0 unspecified atom stereocenters. The van der Waals surface area contributed by atoms with Crippen molar-refractivity contribution in [2.75, 3.05) is 29.9 Å². The second-order valence-corrected chi connectivity index (χ2v) is 8.84. The van der Waals surface area contributed by atoms with Crippen LogP contribution in [0, 0.1) is 0 Å². The predicted octanol–water partition coefficient (Wildman–Crippen LogP) is 5.54. The Morgan fingerprint density at radius 2 is 1.67 bits per heavy atom. The molecular weight excluding hydrogens is 504 g/mol. The zero-order chi connectivity index (χ0) is 28.0. The van der Waals surface area contributed by atoms with Crippen LogP contribution in [0.4, 0.5) is 20.2 Å². The lowest BCUT2D eigenvalue weighted by Gasteiger charge is -2.23. The zero-order valence-corrected chi connectivity index (χ0v) is 21.7. The van der Waals surface area contributed by atoms with E-state index >= 15 is 8.78 Å². The fraction of sp³-hybridized carbons (Fsp3) is 0.233. The van der Waals surface area contributed by atoms with Crippen LogP contribution >= 0.6 is 0 Å². The van der Waals surface area contributed by atoms with Gasteiger partial charge in [-0.2, -0.15) is 0 Å². The molecule has 0 bridgehead atoms. The smallest absolute Gasteiger partial charge is 0.275 e. The SMILES string of the molecule is CCNC(=O)/C=C1/c2ccccc2N(C(=O)c2ccc(NC(=O)c3ccccc3OCC)cc2)CCC1(F)F. The Morgan fingerprint density at radius 1 is 0.974 bits per heavy atom. The van der Waals surface area contributed by atoms with Crippen LogP contribution in [-0.4, -0.2) is 43.3 Å². The first kappa shape index (κ1) is 27.5. The minimum atomic E-state index is -3.32. The number of carbonyl (C=O) groups is 3. The van der Waals surface area contributed by atoms with E-state index in [4.69, 9.17) is 4.74 Å². The molecule has 0 spiro atoms. The summed E-state index contributed by atoms with van der Waals surface area (Å²) in [5.41, 5.74) is 1.08. The van der Waals surface area contributed by atoms with E-state index in [9.17, 15) is 14.4 Å². The number of benzene rings is 3.